The zero-order valence-corrected chi connectivity index (χ0v) is 16.3. The average Bonchev–Trinajstić information content (AvgIpc) is 2.72. The van der Waals surface area contributed by atoms with Crippen molar-refractivity contribution >= 4 is 28.7 Å². The zero-order valence-electron chi connectivity index (χ0n) is 16.3. The lowest BCUT2D eigenvalue weighted by molar-refractivity contribution is -0.179. The van der Waals surface area contributed by atoms with Crippen LogP contribution < -0.4 is 19.9 Å². The first-order valence-corrected chi connectivity index (χ1v) is 9.64. The van der Waals surface area contributed by atoms with Crippen LogP contribution in [0.4, 0.5) is 40.3 Å². The maximum Gasteiger partial charge on any atom is 0.391 e. The van der Waals surface area contributed by atoms with E-state index in [9.17, 15) is 22.4 Å². The monoisotopic (exact) mass is 423 g/mol. The van der Waals surface area contributed by atoms with E-state index in [1.165, 1.54) is 17.0 Å². The molecule has 4 rings (SSSR count). The third-order valence-corrected chi connectivity index (χ3v) is 5.60. The van der Waals surface area contributed by atoms with E-state index < -0.39 is 17.9 Å². The molecule has 5 nitrogen and oxygen atoms in total. The van der Waals surface area contributed by atoms with Crippen LogP contribution in [-0.4, -0.2) is 38.8 Å². The molecule has 160 valence electrons. The zero-order chi connectivity index (χ0) is 21.5. The molecule has 1 N–H and O–H groups in total. The largest absolute Gasteiger partial charge is 0.481 e. The van der Waals surface area contributed by atoms with Gasteiger partial charge in [0.1, 0.15) is 11.6 Å². The van der Waals surface area contributed by atoms with Crippen LogP contribution in [0.1, 0.15) is 12.8 Å². The molecule has 0 spiro atoms. The molecule has 1 fully saturated rings. The third-order valence-electron chi connectivity index (χ3n) is 5.60. The molecule has 0 atom stereocenters. The Kier molecular flexibility index (Phi) is 5.21. The van der Waals surface area contributed by atoms with Crippen molar-refractivity contribution in [3.63, 3.8) is 0 Å². The number of ether oxygens (including phenoxy) is 1. The first kappa shape index (κ1) is 20.3. The number of likely N-dealkylation sites (N-methyl/N-ethyl adjacent to an activating group) is 1. The predicted octanol–water partition coefficient (Wildman–Crippen LogP) is 4.70. The lowest BCUT2D eigenvalue weighted by Gasteiger charge is -2.34. The second-order valence-electron chi connectivity index (χ2n) is 7.52. The minimum atomic E-state index is -4.13. The molecule has 0 aliphatic carbocycles. The maximum absolute atomic E-state index is 14.5. The van der Waals surface area contributed by atoms with E-state index in [1.54, 1.807) is 31.3 Å². The summed E-state index contributed by atoms with van der Waals surface area (Å²) >= 11 is 0. The summed E-state index contributed by atoms with van der Waals surface area (Å²) in [6.07, 6.45) is -3.97. The molecular formula is C21H21F4N3O2. The highest BCUT2D eigenvalue weighted by molar-refractivity contribution is 5.97. The Bertz CT molecular complexity index is 939. The summed E-state index contributed by atoms with van der Waals surface area (Å²) in [6.45, 7) is 0.592. The van der Waals surface area contributed by atoms with Gasteiger partial charge in [0.2, 0.25) is 0 Å². The SMILES string of the molecule is CN1C(=O)COc2cc(Nc3ccc(N4CCC(C(F)(F)F)CC4)cc3)c(F)cc21. The standard InChI is InChI=1S/C21H21F4N3O2/c1-27-18-10-16(22)17(11-19(18)30-12-20(27)29)26-14-2-4-15(5-3-14)28-8-6-13(7-9-28)21(23,24)25/h2-5,10-11,13,26H,6-9,12H2,1H3. The van der Waals surface area contributed by atoms with Gasteiger partial charge < -0.3 is 19.9 Å². The topological polar surface area (TPSA) is 44.8 Å². The minimum absolute atomic E-state index is 0.0841. The molecule has 0 bridgehead atoms. The van der Waals surface area contributed by atoms with Gasteiger partial charge in [-0.15, -0.1) is 0 Å². The fraction of sp³-hybridized carbons (Fsp3) is 0.381. The molecule has 0 unspecified atom stereocenters. The number of carbonyl (C=O) groups excluding carboxylic acids is 1. The van der Waals surface area contributed by atoms with E-state index in [1.807, 2.05) is 4.90 Å². The molecule has 2 heterocycles. The molecular weight excluding hydrogens is 402 g/mol. The average molecular weight is 423 g/mol. The fourth-order valence-corrected chi connectivity index (χ4v) is 3.76. The van der Waals surface area contributed by atoms with E-state index in [0.717, 1.165) is 5.69 Å². The molecule has 2 aromatic rings. The lowest BCUT2D eigenvalue weighted by Crippen LogP contribution is -2.38. The number of rotatable bonds is 3. The second-order valence-corrected chi connectivity index (χ2v) is 7.52. The van der Waals surface area contributed by atoms with Crippen LogP contribution in [0.25, 0.3) is 0 Å². The number of piperidine rings is 1. The number of alkyl halides is 3. The van der Waals surface area contributed by atoms with Gasteiger partial charge in [-0.25, -0.2) is 4.39 Å². The fourth-order valence-electron chi connectivity index (χ4n) is 3.76. The number of halogens is 4. The number of nitrogens with one attached hydrogen (secondary N) is 1. The Balaban J connectivity index is 1.44. The van der Waals surface area contributed by atoms with Crippen LogP contribution in [-0.2, 0) is 4.79 Å². The van der Waals surface area contributed by atoms with Crippen LogP contribution in [0.2, 0.25) is 0 Å². The first-order valence-electron chi connectivity index (χ1n) is 9.64. The molecule has 2 aromatic carbocycles. The van der Waals surface area contributed by atoms with Crippen molar-refractivity contribution in [2.24, 2.45) is 5.92 Å². The van der Waals surface area contributed by atoms with Crippen molar-refractivity contribution in [1.29, 1.82) is 0 Å². The smallest absolute Gasteiger partial charge is 0.391 e. The van der Waals surface area contributed by atoms with Crippen LogP contribution in [0.3, 0.4) is 0 Å². The summed E-state index contributed by atoms with van der Waals surface area (Å²) in [7, 11) is 1.56. The van der Waals surface area contributed by atoms with Crippen molar-refractivity contribution < 1.29 is 27.1 Å². The van der Waals surface area contributed by atoms with Gasteiger partial charge in [0.25, 0.3) is 5.91 Å². The van der Waals surface area contributed by atoms with Gasteiger partial charge in [-0.2, -0.15) is 13.2 Å². The summed E-state index contributed by atoms with van der Waals surface area (Å²) in [5.74, 6) is -1.61. The van der Waals surface area contributed by atoms with Gasteiger partial charge >= 0.3 is 6.18 Å². The number of fused-ring (bicyclic) bond motifs is 1. The maximum atomic E-state index is 14.5. The van der Waals surface area contributed by atoms with Gasteiger partial charge in [0.15, 0.2) is 6.61 Å². The summed E-state index contributed by atoms with van der Waals surface area (Å²) in [6, 6.07) is 9.85. The normalized spacial score (nSPS) is 17.6. The molecule has 1 amide bonds. The van der Waals surface area contributed by atoms with Crippen molar-refractivity contribution in [2.75, 3.05) is 41.9 Å². The number of carbonyl (C=O) groups is 1. The molecule has 0 aromatic heterocycles. The lowest BCUT2D eigenvalue weighted by atomic mass is 9.96. The molecule has 1 saturated heterocycles. The Morgan fingerprint density at radius 3 is 2.40 bits per heavy atom. The van der Waals surface area contributed by atoms with Crippen molar-refractivity contribution in [2.45, 2.75) is 19.0 Å². The van der Waals surface area contributed by atoms with E-state index in [4.69, 9.17) is 4.74 Å². The number of nitrogens with zero attached hydrogens (tertiary/aromatic N) is 2. The highest BCUT2D eigenvalue weighted by atomic mass is 19.4. The number of hydrogen-bond acceptors (Lipinski definition) is 4. The minimum Gasteiger partial charge on any atom is -0.481 e. The number of benzene rings is 2. The van der Waals surface area contributed by atoms with E-state index in [2.05, 4.69) is 5.32 Å². The molecule has 30 heavy (non-hydrogen) atoms. The molecule has 2 aliphatic heterocycles. The second kappa shape index (κ2) is 7.70. The Hall–Kier alpha value is -2.97. The van der Waals surface area contributed by atoms with Crippen LogP contribution >= 0.6 is 0 Å². The van der Waals surface area contributed by atoms with Gasteiger partial charge in [0, 0.05) is 43.6 Å². The summed E-state index contributed by atoms with van der Waals surface area (Å²) in [5, 5.41) is 2.98. The van der Waals surface area contributed by atoms with Gasteiger partial charge in [-0.05, 0) is 37.1 Å². The number of hydrogen-bond donors (Lipinski definition) is 1. The van der Waals surface area contributed by atoms with E-state index in [-0.39, 0.29) is 31.0 Å². The molecule has 2 aliphatic rings. The Morgan fingerprint density at radius 2 is 1.77 bits per heavy atom. The first-order chi connectivity index (χ1) is 14.2. The summed E-state index contributed by atoms with van der Waals surface area (Å²) in [5.41, 5.74) is 2.03. The van der Waals surface area contributed by atoms with E-state index in [0.29, 0.717) is 30.2 Å². The Labute approximate surface area is 171 Å². The Morgan fingerprint density at radius 1 is 1.10 bits per heavy atom. The van der Waals surface area contributed by atoms with Crippen molar-refractivity contribution in [1.82, 2.24) is 0 Å². The number of anilines is 4. The predicted molar refractivity (Wildman–Crippen MR) is 106 cm³/mol. The van der Waals surface area contributed by atoms with Crippen LogP contribution in [0.5, 0.6) is 5.75 Å². The van der Waals surface area contributed by atoms with Gasteiger partial charge in [-0.1, -0.05) is 0 Å². The quantitative estimate of drug-likeness (QED) is 0.727. The third kappa shape index (κ3) is 4.01. The van der Waals surface area contributed by atoms with Crippen molar-refractivity contribution in [3.05, 3.63) is 42.2 Å². The van der Waals surface area contributed by atoms with Crippen LogP contribution in [0, 0.1) is 11.7 Å². The molecule has 0 radical (unpaired) electrons. The van der Waals surface area contributed by atoms with Gasteiger partial charge in [0.05, 0.1) is 17.3 Å². The summed E-state index contributed by atoms with van der Waals surface area (Å²) in [4.78, 5) is 14.9. The summed E-state index contributed by atoms with van der Waals surface area (Å²) < 4.78 is 58.4. The van der Waals surface area contributed by atoms with Gasteiger partial charge in [-0.3, -0.25) is 4.79 Å². The van der Waals surface area contributed by atoms with Crippen molar-refractivity contribution in [3.8, 4) is 5.75 Å². The molecule has 9 heteroatoms. The molecule has 0 saturated carbocycles. The highest BCUT2D eigenvalue weighted by Crippen LogP contribution is 2.38. The van der Waals surface area contributed by atoms with Crippen LogP contribution in [0.15, 0.2) is 36.4 Å². The number of amides is 1. The van der Waals surface area contributed by atoms with E-state index >= 15 is 0 Å². The highest BCUT2D eigenvalue weighted by Gasteiger charge is 2.41.